The van der Waals surface area contributed by atoms with Crippen molar-refractivity contribution in [3.8, 4) is 16.9 Å². The van der Waals surface area contributed by atoms with Gasteiger partial charge in [-0.1, -0.05) is 24.3 Å². The molecular weight excluding hydrogens is 761 g/mol. The number of piperidine rings is 1. The number of carbonyl (C=O) groups is 4. The lowest BCUT2D eigenvalue weighted by Crippen LogP contribution is -2.54. The number of amides is 4. The molecule has 16 nitrogen and oxygen atoms in total. The number of nitrogens with one attached hydrogen (secondary N) is 3. The van der Waals surface area contributed by atoms with E-state index >= 15 is 0 Å². The first kappa shape index (κ1) is 41.4. The zero-order valence-corrected chi connectivity index (χ0v) is 32.7. The Hall–Kier alpha value is -5.78. The van der Waals surface area contributed by atoms with Gasteiger partial charge in [0.15, 0.2) is 0 Å². The highest BCUT2D eigenvalue weighted by molar-refractivity contribution is 6.23. The van der Waals surface area contributed by atoms with E-state index < -0.39 is 29.7 Å². The number of hydrogen-bond acceptors (Lipinski definition) is 14. The van der Waals surface area contributed by atoms with Crippen molar-refractivity contribution < 1.29 is 47.6 Å². The number of aromatic nitrogens is 2. The normalized spacial score (nSPS) is 17.1. The molecule has 2 aromatic carbocycles. The molecule has 2 atom stereocenters. The fourth-order valence-corrected chi connectivity index (χ4v) is 6.96. The average Bonchev–Trinajstić information content (AvgIpc) is 3.80. The Morgan fingerprint density at radius 1 is 0.695 bits per heavy atom. The summed E-state index contributed by atoms with van der Waals surface area (Å²) in [6.45, 7) is 5.15. The second-order valence-corrected chi connectivity index (χ2v) is 14.0. The summed E-state index contributed by atoms with van der Waals surface area (Å²) < 4.78 is 33.5. The Balaban J connectivity index is 0.643. The van der Waals surface area contributed by atoms with Crippen molar-refractivity contribution in [2.45, 2.75) is 31.3 Å². The number of hydrogen-bond donors (Lipinski definition) is 3. The van der Waals surface area contributed by atoms with Gasteiger partial charge in [-0.15, -0.1) is 0 Å². The number of rotatable bonds is 23. The van der Waals surface area contributed by atoms with Gasteiger partial charge in [-0.25, -0.2) is 4.98 Å². The molecular formula is C43H48N6O10. The number of nitrogens with zero attached hydrogens (tertiary/aromatic N) is 3. The quantitative estimate of drug-likeness (QED) is 0.0725. The van der Waals surface area contributed by atoms with Crippen LogP contribution in [0.2, 0.25) is 0 Å². The molecule has 0 bridgehead atoms. The number of benzene rings is 2. The maximum atomic E-state index is 13.0. The smallest absolute Gasteiger partial charge is 0.262 e. The lowest BCUT2D eigenvalue weighted by Gasteiger charge is -2.27. The number of fused-ring (bicyclic) bond motifs is 2. The maximum absolute atomic E-state index is 13.0. The van der Waals surface area contributed by atoms with E-state index in [2.05, 4.69) is 62.3 Å². The molecule has 310 valence electrons. The molecule has 4 aromatic rings. The second-order valence-electron chi connectivity index (χ2n) is 14.0. The molecule has 0 aliphatic carbocycles. The third-order valence-corrected chi connectivity index (χ3v) is 10.0. The summed E-state index contributed by atoms with van der Waals surface area (Å²) in [6.07, 6.45) is 6.73. The highest BCUT2D eigenvalue weighted by Gasteiger charge is 2.44. The van der Waals surface area contributed by atoms with Crippen LogP contribution in [0.5, 0.6) is 5.75 Å². The number of ether oxygens (including phenoxy) is 6. The molecule has 3 aliphatic heterocycles. The fraction of sp³-hybridized carbons (Fsp3) is 0.395. The summed E-state index contributed by atoms with van der Waals surface area (Å²) in [4.78, 5) is 59.2. The first-order chi connectivity index (χ1) is 28.9. The summed E-state index contributed by atoms with van der Waals surface area (Å²) in [5.74, 6) is -1.03. The van der Waals surface area contributed by atoms with E-state index in [4.69, 9.17) is 28.4 Å². The van der Waals surface area contributed by atoms with Crippen molar-refractivity contribution in [1.82, 2.24) is 20.2 Å². The molecule has 16 heteroatoms. The van der Waals surface area contributed by atoms with E-state index in [0.717, 1.165) is 34.0 Å². The van der Waals surface area contributed by atoms with Crippen molar-refractivity contribution in [2.24, 2.45) is 0 Å². The largest absolute Gasteiger partial charge is 0.491 e. The SMILES string of the molecule is O=C1CCC(N2C(=O)c3ccc(OCCOCCOCCOCCOCCOCCNc4ccc(-c5ccc(C6Cc7ccncc7N6)cc5)cn4)cc3C2=O)C(=O)N1. The van der Waals surface area contributed by atoms with Gasteiger partial charge in [0, 0.05) is 30.9 Å². The van der Waals surface area contributed by atoms with E-state index in [1.807, 2.05) is 24.7 Å². The number of pyridine rings is 2. The first-order valence-corrected chi connectivity index (χ1v) is 19.8. The predicted molar refractivity (Wildman–Crippen MR) is 215 cm³/mol. The third kappa shape index (κ3) is 11.0. The zero-order valence-electron chi connectivity index (χ0n) is 32.7. The molecule has 4 amide bonds. The van der Waals surface area contributed by atoms with Gasteiger partial charge in [0.2, 0.25) is 11.8 Å². The molecule has 3 N–H and O–H groups in total. The van der Waals surface area contributed by atoms with E-state index in [1.165, 1.54) is 23.3 Å². The first-order valence-electron chi connectivity index (χ1n) is 19.8. The topological polar surface area (TPSA) is 189 Å². The van der Waals surface area contributed by atoms with Crippen LogP contribution in [0.3, 0.4) is 0 Å². The second kappa shape index (κ2) is 20.8. The molecule has 5 heterocycles. The summed E-state index contributed by atoms with van der Waals surface area (Å²) in [5, 5.41) is 9.03. The predicted octanol–water partition coefficient (Wildman–Crippen LogP) is 3.83. The van der Waals surface area contributed by atoms with Gasteiger partial charge in [0.05, 0.1) is 95.1 Å². The van der Waals surface area contributed by atoms with Crippen LogP contribution in [0.4, 0.5) is 11.5 Å². The molecule has 59 heavy (non-hydrogen) atoms. The Morgan fingerprint density at radius 3 is 2.02 bits per heavy atom. The Kier molecular flexibility index (Phi) is 14.6. The molecule has 0 saturated carbocycles. The number of imide groups is 2. The van der Waals surface area contributed by atoms with Gasteiger partial charge in [-0.05, 0) is 65.9 Å². The van der Waals surface area contributed by atoms with Crippen molar-refractivity contribution >= 4 is 35.1 Å². The minimum atomic E-state index is -1.01. The van der Waals surface area contributed by atoms with E-state index in [-0.39, 0.29) is 36.6 Å². The van der Waals surface area contributed by atoms with Crippen LogP contribution in [0.15, 0.2) is 79.3 Å². The van der Waals surface area contributed by atoms with Crippen LogP contribution in [0.1, 0.15) is 50.7 Å². The molecule has 1 fully saturated rings. The fourth-order valence-electron chi connectivity index (χ4n) is 6.96. The number of anilines is 2. The molecule has 1 saturated heterocycles. The number of carbonyl (C=O) groups excluding carboxylic acids is 4. The van der Waals surface area contributed by atoms with Crippen LogP contribution < -0.4 is 20.7 Å². The summed E-state index contributed by atoms with van der Waals surface area (Å²) in [6, 6.07) is 18.6. The van der Waals surface area contributed by atoms with Crippen LogP contribution in [0, 0.1) is 0 Å². The minimum absolute atomic E-state index is 0.0623. The summed E-state index contributed by atoms with van der Waals surface area (Å²) >= 11 is 0. The van der Waals surface area contributed by atoms with Gasteiger partial charge < -0.3 is 39.1 Å². The molecule has 0 spiro atoms. The van der Waals surface area contributed by atoms with Crippen LogP contribution in [0.25, 0.3) is 11.1 Å². The van der Waals surface area contributed by atoms with E-state index in [9.17, 15) is 19.2 Å². The highest BCUT2D eigenvalue weighted by Crippen LogP contribution is 2.34. The van der Waals surface area contributed by atoms with E-state index in [1.54, 1.807) is 6.07 Å². The van der Waals surface area contributed by atoms with Crippen LogP contribution in [-0.4, -0.2) is 124 Å². The van der Waals surface area contributed by atoms with Gasteiger partial charge in [0.25, 0.3) is 11.8 Å². The van der Waals surface area contributed by atoms with Crippen molar-refractivity contribution in [3.63, 3.8) is 0 Å². The van der Waals surface area contributed by atoms with Gasteiger partial charge in [0.1, 0.15) is 24.2 Å². The van der Waals surface area contributed by atoms with Crippen molar-refractivity contribution in [1.29, 1.82) is 0 Å². The Morgan fingerprint density at radius 2 is 1.36 bits per heavy atom. The third-order valence-electron chi connectivity index (χ3n) is 10.0. The summed E-state index contributed by atoms with van der Waals surface area (Å²) in [7, 11) is 0. The minimum Gasteiger partial charge on any atom is -0.491 e. The molecule has 0 radical (unpaired) electrons. The monoisotopic (exact) mass is 808 g/mol. The van der Waals surface area contributed by atoms with Gasteiger partial charge >= 0.3 is 0 Å². The van der Waals surface area contributed by atoms with Crippen molar-refractivity contribution in [3.05, 3.63) is 102 Å². The van der Waals surface area contributed by atoms with Crippen LogP contribution in [-0.2, 0) is 39.7 Å². The zero-order chi connectivity index (χ0) is 40.8. The van der Waals surface area contributed by atoms with E-state index in [0.29, 0.717) is 78.4 Å². The standard InChI is InChI=1S/C43H48N6O10/c50-40-10-8-38(41(51)48-40)49-42(52)34-7-6-33(26-35(34)43(49)53)59-24-23-58-22-21-57-20-19-56-18-17-55-16-15-54-14-13-45-39-9-5-32(27-46-39)29-1-3-30(4-2-29)36-25-31-11-12-44-28-37(31)47-36/h1-7,9,11-12,26-28,36,38,47H,8,10,13-25H2,(H,45,46)(H,48,50,51). The molecule has 3 aliphatic rings. The molecule has 2 unspecified atom stereocenters. The molecule has 7 rings (SSSR count). The van der Waals surface area contributed by atoms with Gasteiger partial charge in [-0.2, -0.15) is 0 Å². The Labute approximate surface area is 341 Å². The molecule has 2 aromatic heterocycles. The lowest BCUT2D eigenvalue weighted by molar-refractivity contribution is -0.136. The van der Waals surface area contributed by atoms with Gasteiger partial charge in [-0.3, -0.25) is 34.4 Å². The lowest BCUT2D eigenvalue weighted by atomic mass is 10.00. The average molecular weight is 809 g/mol. The van der Waals surface area contributed by atoms with Crippen molar-refractivity contribution in [2.75, 3.05) is 89.9 Å². The summed E-state index contributed by atoms with van der Waals surface area (Å²) in [5.41, 5.74) is 6.20. The maximum Gasteiger partial charge on any atom is 0.262 e. The van der Waals surface area contributed by atoms with Crippen LogP contribution >= 0.6 is 0 Å². The highest BCUT2D eigenvalue weighted by atomic mass is 16.6. The Bertz CT molecular complexity index is 2040.